The van der Waals surface area contributed by atoms with Gasteiger partial charge < -0.3 is 15.2 Å². The molecule has 19 heavy (non-hydrogen) atoms. The molecule has 108 valence electrons. The third-order valence-corrected chi connectivity index (χ3v) is 3.06. The van der Waals surface area contributed by atoms with Crippen LogP contribution in [-0.2, 0) is 9.47 Å². The molecule has 0 bridgehead atoms. The monoisotopic (exact) mass is 273 g/mol. The van der Waals surface area contributed by atoms with Crippen LogP contribution in [0.4, 0.5) is 8.78 Å². The van der Waals surface area contributed by atoms with E-state index < -0.39 is 17.7 Å². The molecule has 1 unspecified atom stereocenters. The van der Waals surface area contributed by atoms with Crippen molar-refractivity contribution in [2.24, 2.45) is 5.73 Å². The van der Waals surface area contributed by atoms with Gasteiger partial charge in [0.25, 0.3) is 0 Å². The maximum absolute atomic E-state index is 13.5. The first-order valence-corrected chi connectivity index (χ1v) is 6.19. The maximum atomic E-state index is 13.5. The number of hydrogen-bond donors (Lipinski definition) is 1. The van der Waals surface area contributed by atoms with Gasteiger partial charge in [0.2, 0.25) is 0 Å². The van der Waals surface area contributed by atoms with Crippen LogP contribution in [0.25, 0.3) is 0 Å². The largest absolute Gasteiger partial charge is 0.379 e. The van der Waals surface area contributed by atoms with Gasteiger partial charge in [-0.05, 0) is 26.3 Å². The van der Waals surface area contributed by atoms with E-state index >= 15 is 0 Å². The van der Waals surface area contributed by atoms with Crippen molar-refractivity contribution in [3.63, 3.8) is 0 Å². The molecule has 0 radical (unpaired) electrons. The van der Waals surface area contributed by atoms with Crippen molar-refractivity contribution in [1.82, 2.24) is 0 Å². The van der Waals surface area contributed by atoms with Crippen LogP contribution >= 0.6 is 0 Å². The summed E-state index contributed by atoms with van der Waals surface area (Å²) < 4.78 is 36.9. The maximum Gasteiger partial charge on any atom is 0.130 e. The summed E-state index contributed by atoms with van der Waals surface area (Å²) in [6.07, 6.45) is 0.710. The highest BCUT2D eigenvalue weighted by Gasteiger charge is 2.17. The van der Waals surface area contributed by atoms with Crippen molar-refractivity contribution >= 4 is 0 Å². The van der Waals surface area contributed by atoms with E-state index in [4.69, 9.17) is 15.2 Å². The fourth-order valence-electron chi connectivity index (χ4n) is 1.52. The van der Waals surface area contributed by atoms with Crippen LogP contribution in [-0.4, -0.2) is 25.9 Å². The first-order valence-electron chi connectivity index (χ1n) is 6.19. The summed E-state index contributed by atoms with van der Waals surface area (Å²) in [4.78, 5) is 0. The second kappa shape index (κ2) is 6.93. The molecule has 1 atom stereocenters. The Bertz CT molecular complexity index is 410. The molecule has 0 aliphatic rings. The number of halogens is 2. The lowest BCUT2D eigenvalue weighted by Crippen LogP contribution is -2.26. The first kappa shape index (κ1) is 16.0. The Labute approximate surface area is 112 Å². The molecule has 1 aromatic carbocycles. The Morgan fingerprint density at radius 2 is 2.00 bits per heavy atom. The third-order valence-electron chi connectivity index (χ3n) is 3.06. The molecule has 1 rings (SSSR count). The molecule has 0 saturated carbocycles. The van der Waals surface area contributed by atoms with E-state index in [9.17, 15) is 8.78 Å². The molecule has 5 heteroatoms. The lowest BCUT2D eigenvalue weighted by molar-refractivity contribution is -0.0114. The Morgan fingerprint density at radius 1 is 1.32 bits per heavy atom. The van der Waals surface area contributed by atoms with Crippen LogP contribution < -0.4 is 5.73 Å². The van der Waals surface area contributed by atoms with Gasteiger partial charge in [0.1, 0.15) is 11.6 Å². The molecule has 0 heterocycles. The van der Waals surface area contributed by atoms with E-state index in [-0.39, 0.29) is 17.8 Å². The molecule has 0 aliphatic heterocycles. The number of hydrogen-bond acceptors (Lipinski definition) is 3. The van der Waals surface area contributed by atoms with Crippen molar-refractivity contribution in [2.75, 3.05) is 20.3 Å². The summed E-state index contributed by atoms with van der Waals surface area (Å²) in [5, 5.41) is 0. The van der Waals surface area contributed by atoms with Gasteiger partial charge in [-0.15, -0.1) is 0 Å². The van der Waals surface area contributed by atoms with Crippen LogP contribution in [0.2, 0.25) is 0 Å². The summed E-state index contributed by atoms with van der Waals surface area (Å²) in [7, 11) is 1.64. The molecule has 3 nitrogen and oxygen atoms in total. The zero-order chi connectivity index (χ0) is 14.5. The van der Waals surface area contributed by atoms with Gasteiger partial charge >= 0.3 is 0 Å². The summed E-state index contributed by atoms with van der Waals surface area (Å²) in [6.45, 7) is 4.56. The van der Waals surface area contributed by atoms with Gasteiger partial charge in [0.05, 0.1) is 18.2 Å². The lowest BCUT2D eigenvalue weighted by Gasteiger charge is -2.23. The molecule has 0 aromatic heterocycles. The standard InChI is InChI=1S/C14H21F2NO2/c1-14(2,18-3)6-7-19-9-13(17)11-5-4-10(15)8-12(11)16/h4-5,8,13H,6-7,9,17H2,1-3H3. The van der Waals surface area contributed by atoms with Crippen LogP contribution in [0.1, 0.15) is 31.9 Å². The fraction of sp³-hybridized carbons (Fsp3) is 0.571. The smallest absolute Gasteiger partial charge is 0.130 e. The Hall–Kier alpha value is -1.04. The number of methoxy groups -OCH3 is 1. The number of nitrogens with two attached hydrogens (primary N) is 1. The molecule has 0 saturated heterocycles. The first-order chi connectivity index (χ1) is 8.85. The average molecular weight is 273 g/mol. The predicted molar refractivity (Wildman–Crippen MR) is 69.8 cm³/mol. The quantitative estimate of drug-likeness (QED) is 0.777. The zero-order valence-electron chi connectivity index (χ0n) is 11.6. The van der Waals surface area contributed by atoms with Crippen LogP contribution in [0.3, 0.4) is 0 Å². The van der Waals surface area contributed by atoms with E-state index in [1.54, 1.807) is 7.11 Å². The summed E-state index contributed by atoms with van der Waals surface area (Å²) in [5.41, 5.74) is 5.81. The highest BCUT2D eigenvalue weighted by Crippen LogP contribution is 2.17. The highest BCUT2D eigenvalue weighted by atomic mass is 19.1. The van der Waals surface area contributed by atoms with Gasteiger partial charge in [0.15, 0.2) is 0 Å². The van der Waals surface area contributed by atoms with Crippen LogP contribution in [0.15, 0.2) is 18.2 Å². The zero-order valence-corrected chi connectivity index (χ0v) is 11.6. The molecule has 2 N–H and O–H groups in total. The van der Waals surface area contributed by atoms with Crippen LogP contribution in [0, 0.1) is 11.6 Å². The predicted octanol–water partition coefficient (Wildman–Crippen LogP) is 2.80. The van der Waals surface area contributed by atoms with Crippen molar-refractivity contribution in [3.8, 4) is 0 Å². The van der Waals surface area contributed by atoms with E-state index in [1.807, 2.05) is 13.8 Å². The number of rotatable bonds is 7. The van der Waals surface area contributed by atoms with Crippen LogP contribution in [0.5, 0.6) is 0 Å². The minimum atomic E-state index is -0.645. The van der Waals surface area contributed by atoms with Gasteiger partial charge in [-0.3, -0.25) is 0 Å². The Kier molecular flexibility index (Phi) is 5.85. The second-order valence-corrected chi connectivity index (χ2v) is 5.06. The Balaban J connectivity index is 2.41. The molecule has 1 aromatic rings. The minimum Gasteiger partial charge on any atom is -0.379 e. The lowest BCUT2D eigenvalue weighted by atomic mass is 10.1. The van der Waals surface area contributed by atoms with Gasteiger partial charge in [0, 0.05) is 25.3 Å². The normalized spacial score (nSPS) is 13.6. The van der Waals surface area contributed by atoms with Crippen molar-refractivity contribution < 1.29 is 18.3 Å². The second-order valence-electron chi connectivity index (χ2n) is 5.06. The highest BCUT2D eigenvalue weighted by molar-refractivity contribution is 5.21. The third kappa shape index (κ3) is 5.22. The summed E-state index contributed by atoms with van der Waals surface area (Å²) in [5.74, 6) is -1.26. The van der Waals surface area contributed by atoms with E-state index in [1.165, 1.54) is 12.1 Å². The summed E-state index contributed by atoms with van der Waals surface area (Å²) >= 11 is 0. The molecule has 0 fully saturated rings. The van der Waals surface area contributed by atoms with Gasteiger partial charge in [-0.2, -0.15) is 0 Å². The summed E-state index contributed by atoms with van der Waals surface area (Å²) in [6, 6.07) is 2.75. The number of benzene rings is 1. The number of ether oxygens (including phenoxy) is 2. The molecular weight excluding hydrogens is 252 g/mol. The van der Waals surface area contributed by atoms with Crippen molar-refractivity contribution in [1.29, 1.82) is 0 Å². The molecule has 0 spiro atoms. The molecule has 0 aliphatic carbocycles. The fourth-order valence-corrected chi connectivity index (χ4v) is 1.52. The average Bonchev–Trinajstić information content (AvgIpc) is 2.34. The van der Waals surface area contributed by atoms with Crippen molar-refractivity contribution in [2.45, 2.75) is 31.9 Å². The van der Waals surface area contributed by atoms with Gasteiger partial charge in [-0.1, -0.05) is 6.07 Å². The van der Waals surface area contributed by atoms with E-state index in [0.717, 1.165) is 6.07 Å². The van der Waals surface area contributed by atoms with E-state index in [2.05, 4.69) is 0 Å². The van der Waals surface area contributed by atoms with Crippen molar-refractivity contribution in [3.05, 3.63) is 35.4 Å². The minimum absolute atomic E-state index is 0.183. The Morgan fingerprint density at radius 3 is 2.58 bits per heavy atom. The topological polar surface area (TPSA) is 44.5 Å². The van der Waals surface area contributed by atoms with E-state index in [0.29, 0.717) is 13.0 Å². The van der Waals surface area contributed by atoms with Gasteiger partial charge in [-0.25, -0.2) is 8.78 Å². The molecule has 0 amide bonds. The molecular formula is C14H21F2NO2. The SMILES string of the molecule is COC(C)(C)CCOCC(N)c1ccc(F)cc1F.